The maximum absolute atomic E-state index is 12.3. The van der Waals surface area contributed by atoms with Crippen LogP contribution in [0.2, 0.25) is 0 Å². The van der Waals surface area contributed by atoms with Crippen molar-refractivity contribution in [2.75, 3.05) is 12.4 Å². The Morgan fingerprint density at radius 2 is 1.90 bits per heavy atom. The molecule has 0 bridgehead atoms. The van der Waals surface area contributed by atoms with Gasteiger partial charge in [-0.2, -0.15) is 0 Å². The topological polar surface area (TPSA) is 54.9 Å². The number of aromatic nitrogens is 2. The Morgan fingerprint density at radius 1 is 1.19 bits per heavy atom. The number of alkyl halides is 1. The van der Waals surface area contributed by atoms with Crippen molar-refractivity contribution in [1.82, 2.24) is 15.3 Å². The number of hydrogen-bond acceptors (Lipinski definition) is 3. The molecule has 1 N–H and O–H groups in total. The number of nitrogens with one attached hydrogen (secondary N) is 1. The molecule has 1 aromatic carbocycles. The summed E-state index contributed by atoms with van der Waals surface area (Å²) in [6, 6.07) is 5.39. The molecule has 4 nitrogen and oxygen atoms in total. The third kappa shape index (κ3) is 3.00. The molecule has 21 heavy (non-hydrogen) atoms. The summed E-state index contributed by atoms with van der Waals surface area (Å²) in [7, 11) is 0. The predicted molar refractivity (Wildman–Crippen MR) is 83.5 cm³/mol. The van der Waals surface area contributed by atoms with E-state index in [2.05, 4.69) is 15.3 Å². The lowest BCUT2D eigenvalue weighted by molar-refractivity contribution is 0.0935. The SMILES string of the molecule is O=C(NCC1(CCl)CCCC1)c1ccc2nccnc2c1. The van der Waals surface area contributed by atoms with Gasteiger partial charge in [0.05, 0.1) is 11.0 Å². The Bertz CT molecular complexity index is 653. The second-order valence-electron chi connectivity index (χ2n) is 5.78. The first kappa shape index (κ1) is 14.3. The first-order valence-electron chi connectivity index (χ1n) is 7.27. The summed E-state index contributed by atoms with van der Waals surface area (Å²) in [5.74, 6) is 0.537. The smallest absolute Gasteiger partial charge is 0.251 e. The largest absolute Gasteiger partial charge is 0.351 e. The maximum Gasteiger partial charge on any atom is 0.251 e. The number of nitrogens with zero attached hydrogens (tertiary/aromatic N) is 2. The lowest BCUT2D eigenvalue weighted by atomic mass is 9.88. The van der Waals surface area contributed by atoms with E-state index in [0.717, 1.165) is 23.9 Å². The van der Waals surface area contributed by atoms with Crippen LogP contribution in [0, 0.1) is 5.41 Å². The molecule has 0 radical (unpaired) electrons. The van der Waals surface area contributed by atoms with E-state index in [1.54, 1.807) is 24.5 Å². The zero-order valence-corrected chi connectivity index (χ0v) is 12.6. The van der Waals surface area contributed by atoms with Crippen molar-refractivity contribution in [1.29, 1.82) is 0 Å². The molecule has 110 valence electrons. The van der Waals surface area contributed by atoms with E-state index >= 15 is 0 Å². The van der Waals surface area contributed by atoms with E-state index in [1.165, 1.54) is 12.8 Å². The molecule has 1 amide bonds. The van der Waals surface area contributed by atoms with E-state index in [4.69, 9.17) is 11.6 Å². The number of rotatable bonds is 4. The highest BCUT2D eigenvalue weighted by molar-refractivity contribution is 6.18. The first-order valence-corrected chi connectivity index (χ1v) is 7.81. The van der Waals surface area contributed by atoms with E-state index in [1.807, 2.05) is 6.07 Å². The van der Waals surface area contributed by atoms with Crippen LogP contribution in [0.5, 0.6) is 0 Å². The fourth-order valence-corrected chi connectivity index (χ4v) is 3.32. The molecule has 1 fully saturated rings. The van der Waals surface area contributed by atoms with Crippen molar-refractivity contribution in [2.45, 2.75) is 25.7 Å². The molecule has 1 aromatic heterocycles. The Balaban J connectivity index is 1.71. The molecule has 0 unspecified atom stereocenters. The van der Waals surface area contributed by atoms with Gasteiger partial charge in [0.2, 0.25) is 0 Å². The average molecular weight is 304 g/mol. The zero-order chi connectivity index (χ0) is 14.7. The van der Waals surface area contributed by atoms with Crippen LogP contribution in [-0.2, 0) is 0 Å². The normalized spacial score (nSPS) is 17.0. The molecule has 0 spiro atoms. The van der Waals surface area contributed by atoms with Gasteiger partial charge in [-0.3, -0.25) is 14.8 Å². The Kier molecular flexibility index (Phi) is 4.06. The Hall–Kier alpha value is -1.68. The summed E-state index contributed by atoms with van der Waals surface area (Å²) >= 11 is 6.10. The molecule has 3 rings (SSSR count). The van der Waals surface area contributed by atoms with Gasteiger partial charge in [-0.05, 0) is 31.0 Å². The lowest BCUT2D eigenvalue weighted by Gasteiger charge is -2.26. The maximum atomic E-state index is 12.3. The second-order valence-corrected chi connectivity index (χ2v) is 6.05. The van der Waals surface area contributed by atoms with Gasteiger partial charge in [0.1, 0.15) is 0 Å². The van der Waals surface area contributed by atoms with Crippen molar-refractivity contribution in [3.8, 4) is 0 Å². The van der Waals surface area contributed by atoms with E-state index in [0.29, 0.717) is 18.0 Å². The van der Waals surface area contributed by atoms with Gasteiger partial charge < -0.3 is 5.32 Å². The predicted octanol–water partition coefficient (Wildman–Crippen LogP) is 3.16. The highest BCUT2D eigenvalue weighted by Gasteiger charge is 2.33. The summed E-state index contributed by atoms with van der Waals surface area (Å²) in [6.45, 7) is 0.647. The van der Waals surface area contributed by atoms with Crippen LogP contribution >= 0.6 is 11.6 Å². The van der Waals surface area contributed by atoms with Crippen molar-refractivity contribution in [3.05, 3.63) is 36.2 Å². The minimum atomic E-state index is -0.0704. The molecule has 1 aliphatic carbocycles. The summed E-state index contributed by atoms with van der Waals surface area (Å²) < 4.78 is 0. The van der Waals surface area contributed by atoms with E-state index in [-0.39, 0.29) is 11.3 Å². The van der Waals surface area contributed by atoms with Gasteiger partial charge in [0, 0.05) is 35.8 Å². The number of benzene rings is 1. The van der Waals surface area contributed by atoms with Crippen molar-refractivity contribution >= 4 is 28.5 Å². The van der Waals surface area contributed by atoms with Gasteiger partial charge >= 0.3 is 0 Å². The number of halogens is 1. The number of carbonyl (C=O) groups is 1. The third-order valence-electron chi connectivity index (χ3n) is 4.30. The molecule has 0 aliphatic heterocycles. The van der Waals surface area contributed by atoms with Crippen LogP contribution in [-0.4, -0.2) is 28.3 Å². The van der Waals surface area contributed by atoms with Crippen molar-refractivity contribution in [2.24, 2.45) is 5.41 Å². The quantitative estimate of drug-likeness (QED) is 0.883. The Morgan fingerprint density at radius 3 is 2.62 bits per heavy atom. The number of fused-ring (bicyclic) bond motifs is 1. The highest BCUT2D eigenvalue weighted by atomic mass is 35.5. The number of hydrogen-bond donors (Lipinski definition) is 1. The van der Waals surface area contributed by atoms with Crippen LogP contribution in [0.4, 0.5) is 0 Å². The van der Waals surface area contributed by atoms with Crippen LogP contribution in [0.15, 0.2) is 30.6 Å². The standard InChI is InChI=1S/C16H18ClN3O/c17-10-16(5-1-2-6-16)11-20-15(21)12-3-4-13-14(9-12)19-8-7-18-13/h3-4,7-9H,1-2,5-6,10-11H2,(H,20,21). The van der Waals surface area contributed by atoms with Crippen molar-refractivity contribution in [3.63, 3.8) is 0 Å². The number of carbonyl (C=O) groups excluding carboxylic acids is 1. The number of amides is 1. The second kappa shape index (κ2) is 5.98. The van der Waals surface area contributed by atoms with E-state index < -0.39 is 0 Å². The van der Waals surface area contributed by atoms with Gasteiger partial charge in [0.15, 0.2) is 0 Å². The highest BCUT2D eigenvalue weighted by Crippen LogP contribution is 2.38. The molecular formula is C16H18ClN3O. The monoisotopic (exact) mass is 303 g/mol. The Labute approximate surface area is 128 Å². The van der Waals surface area contributed by atoms with Gasteiger partial charge in [-0.25, -0.2) is 0 Å². The molecule has 1 aliphatic rings. The minimum absolute atomic E-state index is 0.0704. The lowest BCUT2D eigenvalue weighted by Crippen LogP contribution is -2.37. The minimum Gasteiger partial charge on any atom is -0.351 e. The van der Waals surface area contributed by atoms with Crippen LogP contribution < -0.4 is 5.32 Å². The molecule has 1 saturated carbocycles. The summed E-state index contributed by atoms with van der Waals surface area (Å²) in [4.78, 5) is 20.7. The molecule has 5 heteroatoms. The third-order valence-corrected chi connectivity index (χ3v) is 4.87. The summed E-state index contributed by atoms with van der Waals surface area (Å²) in [5, 5.41) is 3.03. The molecule has 0 atom stereocenters. The average Bonchev–Trinajstić information content (AvgIpc) is 3.01. The molecular weight excluding hydrogens is 286 g/mol. The van der Waals surface area contributed by atoms with Gasteiger partial charge in [-0.1, -0.05) is 12.8 Å². The molecule has 2 aromatic rings. The first-order chi connectivity index (χ1) is 10.2. The van der Waals surface area contributed by atoms with Crippen LogP contribution in [0.3, 0.4) is 0 Å². The van der Waals surface area contributed by atoms with Crippen LogP contribution in [0.25, 0.3) is 11.0 Å². The fraction of sp³-hybridized carbons (Fsp3) is 0.438. The summed E-state index contributed by atoms with van der Waals surface area (Å²) in [5.41, 5.74) is 2.22. The molecule has 1 heterocycles. The van der Waals surface area contributed by atoms with Crippen molar-refractivity contribution < 1.29 is 4.79 Å². The molecule has 0 saturated heterocycles. The van der Waals surface area contributed by atoms with E-state index in [9.17, 15) is 4.79 Å². The summed E-state index contributed by atoms with van der Waals surface area (Å²) in [6.07, 6.45) is 7.87. The zero-order valence-electron chi connectivity index (χ0n) is 11.8. The van der Waals surface area contributed by atoms with Gasteiger partial charge in [0.25, 0.3) is 5.91 Å². The fourth-order valence-electron chi connectivity index (χ4n) is 2.96. The van der Waals surface area contributed by atoms with Gasteiger partial charge in [-0.15, -0.1) is 11.6 Å². The van der Waals surface area contributed by atoms with Crippen LogP contribution in [0.1, 0.15) is 36.0 Å².